The molecule has 94 valence electrons. The molecule has 2 N–H and O–H groups in total. The summed E-state index contributed by atoms with van der Waals surface area (Å²) in [5.41, 5.74) is 5.53. The molecular formula is C11H13N5OS. The summed E-state index contributed by atoms with van der Waals surface area (Å²) in [6.07, 6.45) is -0.119. The molecule has 0 saturated heterocycles. The minimum absolute atomic E-state index is 0.119. The fourth-order valence-electron chi connectivity index (χ4n) is 1.87. The highest BCUT2D eigenvalue weighted by Crippen LogP contribution is 2.39. The molecule has 0 aliphatic carbocycles. The van der Waals surface area contributed by atoms with Crippen molar-refractivity contribution in [3.63, 3.8) is 0 Å². The fraction of sp³-hybridized carbons (Fsp3) is 0.364. The van der Waals surface area contributed by atoms with E-state index in [1.807, 2.05) is 18.2 Å². The number of ether oxygens (including phenoxy) is 1. The average Bonchev–Trinajstić information content (AvgIpc) is 2.87. The van der Waals surface area contributed by atoms with E-state index in [1.165, 1.54) is 0 Å². The smallest absolute Gasteiger partial charge is 0.193 e. The maximum atomic E-state index is 5.94. The van der Waals surface area contributed by atoms with E-state index in [2.05, 4.69) is 21.6 Å². The summed E-state index contributed by atoms with van der Waals surface area (Å²) in [4.78, 5) is 1.16. The number of aromatic nitrogens is 4. The standard InChI is InChI=1S/C11H13N5OS/c12-5-6-16-11(13-14-15-16)9-7-18-10-4-2-1-3-8(10)17-9/h1-4,9H,5-7,12H2. The van der Waals surface area contributed by atoms with Crippen molar-refractivity contribution < 1.29 is 4.74 Å². The van der Waals surface area contributed by atoms with E-state index < -0.39 is 0 Å². The Balaban J connectivity index is 1.85. The minimum Gasteiger partial charge on any atom is -0.480 e. The molecule has 1 aliphatic rings. The number of benzene rings is 1. The number of hydrogen-bond donors (Lipinski definition) is 1. The van der Waals surface area contributed by atoms with Crippen LogP contribution < -0.4 is 10.5 Å². The molecule has 2 aromatic rings. The third-order valence-corrected chi connectivity index (χ3v) is 3.81. The van der Waals surface area contributed by atoms with Crippen molar-refractivity contribution in [1.29, 1.82) is 0 Å². The molecule has 18 heavy (non-hydrogen) atoms. The summed E-state index contributed by atoms with van der Waals surface area (Å²) in [7, 11) is 0. The molecule has 1 aromatic carbocycles. The van der Waals surface area contributed by atoms with Gasteiger partial charge in [-0.05, 0) is 22.6 Å². The first kappa shape index (κ1) is 11.5. The second kappa shape index (κ2) is 4.95. The maximum absolute atomic E-state index is 5.94. The van der Waals surface area contributed by atoms with Crippen LogP contribution in [0.3, 0.4) is 0 Å². The molecule has 0 fully saturated rings. The highest BCUT2D eigenvalue weighted by molar-refractivity contribution is 7.99. The van der Waals surface area contributed by atoms with Crippen LogP contribution in [0.15, 0.2) is 29.2 Å². The second-order valence-corrected chi connectivity index (χ2v) is 4.97. The lowest BCUT2D eigenvalue weighted by molar-refractivity contribution is 0.203. The Morgan fingerprint density at radius 3 is 3.22 bits per heavy atom. The summed E-state index contributed by atoms with van der Waals surface area (Å²) >= 11 is 1.76. The highest BCUT2D eigenvalue weighted by Gasteiger charge is 2.26. The predicted molar refractivity (Wildman–Crippen MR) is 67.4 cm³/mol. The van der Waals surface area contributed by atoms with E-state index in [0.717, 1.165) is 22.2 Å². The van der Waals surface area contributed by atoms with Crippen LogP contribution in [0.1, 0.15) is 11.9 Å². The molecule has 0 spiro atoms. The summed E-state index contributed by atoms with van der Waals surface area (Å²) < 4.78 is 7.65. The largest absolute Gasteiger partial charge is 0.480 e. The lowest BCUT2D eigenvalue weighted by atomic mass is 10.3. The summed E-state index contributed by atoms with van der Waals surface area (Å²) in [5, 5.41) is 11.7. The number of para-hydroxylation sites is 1. The highest BCUT2D eigenvalue weighted by atomic mass is 32.2. The van der Waals surface area contributed by atoms with Crippen molar-refractivity contribution in [2.45, 2.75) is 17.5 Å². The van der Waals surface area contributed by atoms with Gasteiger partial charge in [0, 0.05) is 17.2 Å². The molecule has 2 heterocycles. The van der Waals surface area contributed by atoms with Crippen molar-refractivity contribution in [3.8, 4) is 5.75 Å². The van der Waals surface area contributed by atoms with Crippen molar-refractivity contribution in [2.24, 2.45) is 5.73 Å². The van der Waals surface area contributed by atoms with E-state index in [4.69, 9.17) is 10.5 Å². The average molecular weight is 263 g/mol. The molecule has 3 rings (SSSR count). The topological polar surface area (TPSA) is 78.9 Å². The van der Waals surface area contributed by atoms with E-state index >= 15 is 0 Å². The summed E-state index contributed by atoms with van der Waals surface area (Å²) in [6.45, 7) is 1.11. The third-order valence-electron chi connectivity index (χ3n) is 2.70. The monoisotopic (exact) mass is 263 g/mol. The number of rotatable bonds is 3. The first-order chi connectivity index (χ1) is 8.88. The van der Waals surface area contributed by atoms with E-state index in [9.17, 15) is 0 Å². The number of tetrazole rings is 1. The molecule has 7 heteroatoms. The molecule has 0 bridgehead atoms. The normalized spacial score (nSPS) is 18.2. The second-order valence-electron chi connectivity index (χ2n) is 3.91. The lowest BCUT2D eigenvalue weighted by Crippen LogP contribution is -2.22. The van der Waals surface area contributed by atoms with Crippen molar-refractivity contribution in [2.75, 3.05) is 12.3 Å². The van der Waals surface area contributed by atoms with Gasteiger partial charge >= 0.3 is 0 Å². The van der Waals surface area contributed by atoms with Crippen LogP contribution >= 0.6 is 11.8 Å². The lowest BCUT2D eigenvalue weighted by Gasteiger charge is -2.24. The number of nitrogens with two attached hydrogens (primary N) is 1. The van der Waals surface area contributed by atoms with Gasteiger partial charge in [0.2, 0.25) is 0 Å². The van der Waals surface area contributed by atoms with Gasteiger partial charge in [0.15, 0.2) is 11.9 Å². The quantitative estimate of drug-likeness (QED) is 0.884. The first-order valence-corrected chi connectivity index (χ1v) is 6.71. The Morgan fingerprint density at radius 1 is 1.44 bits per heavy atom. The van der Waals surface area contributed by atoms with Crippen molar-refractivity contribution in [1.82, 2.24) is 20.2 Å². The van der Waals surface area contributed by atoms with Crippen LogP contribution in [0, 0.1) is 0 Å². The zero-order chi connectivity index (χ0) is 12.4. The molecule has 1 atom stereocenters. The summed E-state index contributed by atoms with van der Waals surface area (Å²) in [6, 6.07) is 7.99. The molecule has 1 aliphatic heterocycles. The molecule has 0 radical (unpaired) electrons. The Kier molecular flexibility index (Phi) is 3.16. The number of nitrogens with zero attached hydrogens (tertiary/aromatic N) is 4. The molecular weight excluding hydrogens is 250 g/mol. The first-order valence-electron chi connectivity index (χ1n) is 5.73. The van der Waals surface area contributed by atoms with Gasteiger partial charge in [-0.25, -0.2) is 4.68 Å². The van der Waals surface area contributed by atoms with Crippen LogP contribution in [0.25, 0.3) is 0 Å². The Hall–Kier alpha value is -1.60. The van der Waals surface area contributed by atoms with Gasteiger partial charge in [-0.15, -0.1) is 16.9 Å². The zero-order valence-electron chi connectivity index (χ0n) is 9.69. The Bertz CT molecular complexity index is 544. The van der Waals surface area contributed by atoms with Crippen molar-refractivity contribution >= 4 is 11.8 Å². The molecule has 1 aromatic heterocycles. The van der Waals surface area contributed by atoms with Crippen LogP contribution in [-0.2, 0) is 6.54 Å². The number of hydrogen-bond acceptors (Lipinski definition) is 6. The Labute approximate surface area is 109 Å². The van der Waals surface area contributed by atoms with E-state index in [1.54, 1.807) is 16.4 Å². The van der Waals surface area contributed by atoms with E-state index in [-0.39, 0.29) is 6.10 Å². The van der Waals surface area contributed by atoms with Gasteiger partial charge < -0.3 is 10.5 Å². The van der Waals surface area contributed by atoms with Crippen LogP contribution in [0.5, 0.6) is 5.75 Å². The van der Waals surface area contributed by atoms with Crippen molar-refractivity contribution in [3.05, 3.63) is 30.1 Å². The van der Waals surface area contributed by atoms with E-state index in [0.29, 0.717) is 13.1 Å². The zero-order valence-corrected chi connectivity index (χ0v) is 10.5. The van der Waals surface area contributed by atoms with Gasteiger partial charge in [0.05, 0.1) is 6.54 Å². The molecule has 1 unspecified atom stereocenters. The van der Waals surface area contributed by atoms with Gasteiger partial charge in [-0.3, -0.25) is 0 Å². The Morgan fingerprint density at radius 2 is 2.33 bits per heavy atom. The third kappa shape index (κ3) is 2.06. The number of thioether (sulfide) groups is 1. The minimum atomic E-state index is -0.119. The molecule has 0 amide bonds. The maximum Gasteiger partial charge on any atom is 0.193 e. The fourth-order valence-corrected chi connectivity index (χ4v) is 2.85. The van der Waals surface area contributed by atoms with Crippen LogP contribution in [0.4, 0.5) is 0 Å². The van der Waals surface area contributed by atoms with Gasteiger partial charge in [-0.2, -0.15) is 0 Å². The molecule has 0 saturated carbocycles. The van der Waals surface area contributed by atoms with Gasteiger partial charge in [-0.1, -0.05) is 12.1 Å². The molecule has 6 nitrogen and oxygen atoms in total. The SMILES string of the molecule is NCCn1nnnc1C1CSc2ccccc2O1. The predicted octanol–water partition coefficient (Wildman–Crippen LogP) is 0.858. The van der Waals surface area contributed by atoms with Gasteiger partial charge in [0.1, 0.15) is 5.75 Å². The summed E-state index contributed by atoms with van der Waals surface area (Å²) in [5.74, 6) is 2.44. The van der Waals surface area contributed by atoms with Crippen LogP contribution in [0.2, 0.25) is 0 Å². The number of fused-ring (bicyclic) bond motifs is 1. The van der Waals surface area contributed by atoms with Crippen LogP contribution in [-0.4, -0.2) is 32.5 Å². The van der Waals surface area contributed by atoms with Gasteiger partial charge in [0.25, 0.3) is 0 Å².